The number of thiophene rings is 1. The van der Waals surface area contributed by atoms with Crippen LogP contribution in [0.25, 0.3) is 0 Å². The third kappa shape index (κ3) is 4.21. The first kappa shape index (κ1) is 19.0. The zero-order chi connectivity index (χ0) is 19.3. The Morgan fingerprint density at radius 3 is 3.00 bits per heavy atom. The molecule has 0 unspecified atom stereocenters. The Balaban J connectivity index is 1.37. The number of nitrogens with zero attached hydrogens (tertiary/aromatic N) is 2. The second-order valence-corrected chi connectivity index (χ2v) is 8.52. The molecule has 28 heavy (non-hydrogen) atoms. The summed E-state index contributed by atoms with van der Waals surface area (Å²) in [5.74, 6) is 0.916. The van der Waals surface area contributed by atoms with E-state index >= 15 is 0 Å². The number of para-hydroxylation sites is 1. The van der Waals surface area contributed by atoms with Gasteiger partial charge in [0.15, 0.2) is 0 Å². The molecule has 0 saturated carbocycles. The molecular formula is C22H25N3O2S. The molecule has 0 saturated heterocycles. The van der Waals surface area contributed by atoms with Gasteiger partial charge in [-0.1, -0.05) is 24.6 Å². The Labute approximate surface area is 169 Å². The second-order valence-electron chi connectivity index (χ2n) is 7.41. The summed E-state index contributed by atoms with van der Waals surface area (Å²) in [7, 11) is 0. The van der Waals surface area contributed by atoms with Gasteiger partial charge in [0.05, 0.1) is 5.56 Å². The summed E-state index contributed by atoms with van der Waals surface area (Å²) >= 11 is 1.60. The number of rotatable bonds is 4. The highest BCUT2D eigenvalue weighted by Crippen LogP contribution is 2.37. The van der Waals surface area contributed by atoms with E-state index in [1.807, 2.05) is 18.2 Å². The maximum absolute atomic E-state index is 12.6. The Morgan fingerprint density at radius 2 is 2.11 bits per heavy atom. The zero-order valence-corrected chi connectivity index (χ0v) is 16.8. The molecule has 1 N–H and O–H groups in total. The standard InChI is InChI=1S/C22H25N3O2S/c23-14-18-17-7-2-1-3-9-20(17)28-22(18)24-21(26)10-11-25-12-13-27-19-8-5-4-6-16(19)15-25/h4-6,8H,1-3,7,9-13,15H2,(H,24,26). The predicted molar refractivity (Wildman–Crippen MR) is 111 cm³/mol. The van der Waals surface area contributed by atoms with Crippen LogP contribution in [0, 0.1) is 11.3 Å². The molecule has 0 spiro atoms. The molecule has 5 nitrogen and oxygen atoms in total. The van der Waals surface area contributed by atoms with Crippen LogP contribution in [0.5, 0.6) is 5.75 Å². The summed E-state index contributed by atoms with van der Waals surface area (Å²) in [6.07, 6.45) is 5.91. The molecule has 1 aliphatic heterocycles. The molecule has 1 aromatic carbocycles. The molecule has 1 amide bonds. The molecule has 6 heteroatoms. The van der Waals surface area contributed by atoms with E-state index in [4.69, 9.17) is 4.74 Å². The van der Waals surface area contributed by atoms with Gasteiger partial charge in [-0.2, -0.15) is 5.26 Å². The van der Waals surface area contributed by atoms with Crippen LogP contribution in [-0.4, -0.2) is 30.5 Å². The molecular weight excluding hydrogens is 370 g/mol. The maximum Gasteiger partial charge on any atom is 0.226 e. The molecule has 0 atom stereocenters. The van der Waals surface area contributed by atoms with Crippen molar-refractivity contribution in [1.82, 2.24) is 4.90 Å². The quantitative estimate of drug-likeness (QED) is 0.791. The van der Waals surface area contributed by atoms with Crippen molar-refractivity contribution in [1.29, 1.82) is 5.26 Å². The van der Waals surface area contributed by atoms with Crippen LogP contribution in [0.2, 0.25) is 0 Å². The van der Waals surface area contributed by atoms with Gasteiger partial charge in [-0.05, 0) is 37.3 Å². The highest BCUT2D eigenvalue weighted by molar-refractivity contribution is 7.16. The number of fused-ring (bicyclic) bond motifs is 2. The zero-order valence-electron chi connectivity index (χ0n) is 16.0. The Hall–Kier alpha value is -2.36. The van der Waals surface area contributed by atoms with Gasteiger partial charge in [-0.15, -0.1) is 11.3 Å². The number of nitriles is 1. The largest absolute Gasteiger partial charge is 0.492 e. The molecule has 2 aliphatic rings. The SMILES string of the molecule is N#Cc1c(NC(=O)CCN2CCOc3ccccc3C2)sc2c1CCCCC2. The lowest BCUT2D eigenvalue weighted by Gasteiger charge is -2.18. The lowest BCUT2D eigenvalue weighted by Crippen LogP contribution is -2.29. The Kier molecular flexibility index (Phi) is 5.94. The summed E-state index contributed by atoms with van der Waals surface area (Å²) < 4.78 is 5.79. The number of aryl methyl sites for hydroxylation is 1. The van der Waals surface area contributed by atoms with Gasteiger partial charge in [0.2, 0.25) is 5.91 Å². The van der Waals surface area contributed by atoms with Crippen LogP contribution in [0.3, 0.4) is 0 Å². The molecule has 0 fully saturated rings. The fraction of sp³-hybridized carbons (Fsp3) is 0.455. The first-order valence-electron chi connectivity index (χ1n) is 10.0. The molecule has 0 bridgehead atoms. The second kappa shape index (κ2) is 8.76. The van der Waals surface area contributed by atoms with Crippen LogP contribution in [0.4, 0.5) is 5.00 Å². The van der Waals surface area contributed by atoms with Crippen LogP contribution in [0.15, 0.2) is 24.3 Å². The predicted octanol–water partition coefficient (Wildman–Crippen LogP) is 4.11. The topological polar surface area (TPSA) is 65.4 Å². The van der Waals surface area contributed by atoms with E-state index in [9.17, 15) is 10.1 Å². The number of nitrogens with one attached hydrogen (secondary N) is 1. The van der Waals surface area contributed by atoms with Gasteiger partial charge in [0, 0.05) is 36.5 Å². The summed E-state index contributed by atoms with van der Waals surface area (Å²) in [4.78, 5) is 16.1. The molecule has 146 valence electrons. The van der Waals surface area contributed by atoms with E-state index < -0.39 is 0 Å². The van der Waals surface area contributed by atoms with Crippen molar-refractivity contribution in [2.75, 3.05) is 25.0 Å². The minimum Gasteiger partial charge on any atom is -0.492 e. The number of amides is 1. The third-order valence-electron chi connectivity index (χ3n) is 5.47. The first-order chi connectivity index (χ1) is 13.7. The average Bonchev–Trinajstić information content (AvgIpc) is 2.87. The monoisotopic (exact) mass is 395 g/mol. The summed E-state index contributed by atoms with van der Waals surface area (Å²) in [5.41, 5.74) is 3.02. The molecule has 1 aliphatic carbocycles. The van der Waals surface area contributed by atoms with E-state index in [1.54, 1.807) is 11.3 Å². The number of hydrogen-bond donors (Lipinski definition) is 1. The van der Waals surface area contributed by atoms with E-state index in [1.165, 1.54) is 23.3 Å². The van der Waals surface area contributed by atoms with Gasteiger partial charge in [0.25, 0.3) is 0 Å². The Morgan fingerprint density at radius 1 is 1.25 bits per heavy atom. The number of carbonyl (C=O) groups excluding carboxylic acids is 1. The summed E-state index contributed by atoms with van der Waals surface area (Å²) in [6, 6.07) is 10.4. The van der Waals surface area contributed by atoms with Gasteiger partial charge in [-0.25, -0.2) is 0 Å². The van der Waals surface area contributed by atoms with Crippen molar-refractivity contribution in [3.05, 3.63) is 45.8 Å². The number of anilines is 1. The smallest absolute Gasteiger partial charge is 0.226 e. The highest BCUT2D eigenvalue weighted by atomic mass is 32.1. The van der Waals surface area contributed by atoms with Crippen LogP contribution in [0.1, 0.15) is 47.3 Å². The van der Waals surface area contributed by atoms with Crippen molar-refractivity contribution >= 4 is 22.2 Å². The average molecular weight is 396 g/mol. The minimum absolute atomic E-state index is 0.0219. The number of hydrogen-bond acceptors (Lipinski definition) is 5. The highest BCUT2D eigenvalue weighted by Gasteiger charge is 2.21. The first-order valence-corrected chi connectivity index (χ1v) is 10.8. The van der Waals surface area contributed by atoms with Crippen LogP contribution < -0.4 is 10.1 Å². The van der Waals surface area contributed by atoms with Gasteiger partial charge >= 0.3 is 0 Å². The van der Waals surface area contributed by atoms with Gasteiger partial charge in [0.1, 0.15) is 23.4 Å². The molecule has 2 heterocycles. The fourth-order valence-corrected chi connectivity index (χ4v) is 5.22. The van der Waals surface area contributed by atoms with E-state index in [-0.39, 0.29) is 5.91 Å². The molecule has 4 rings (SSSR count). The fourth-order valence-electron chi connectivity index (χ4n) is 3.97. The van der Waals surface area contributed by atoms with Crippen LogP contribution >= 0.6 is 11.3 Å². The van der Waals surface area contributed by atoms with E-state index in [0.29, 0.717) is 25.1 Å². The summed E-state index contributed by atoms with van der Waals surface area (Å²) in [5, 5.41) is 13.4. The lowest BCUT2D eigenvalue weighted by atomic mass is 10.1. The van der Waals surface area contributed by atoms with Crippen molar-refractivity contribution < 1.29 is 9.53 Å². The maximum atomic E-state index is 12.6. The molecule has 2 aromatic rings. The molecule has 1 aromatic heterocycles. The van der Waals surface area contributed by atoms with Crippen molar-refractivity contribution in [3.8, 4) is 11.8 Å². The third-order valence-corrected chi connectivity index (χ3v) is 6.68. The Bertz CT molecular complexity index is 900. The van der Waals surface area contributed by atoms with Gasteiger partial charge in [-0.3, -0.25) is 9.69 Å². The number of carbonyl (C=O) groups is 1. The number of ether oxygens (including phenoxy) is 1. The normalized spacial score (nSPS) is 16.7. The van der Waals surface area contributed by atoms with Crippen molar-refractivity contribution in [2.24, 2.45) is 0 Å². The van der Waals surface area contributed by atoms with Gasteiger partial charge < -0.3 is 10.1 Å². The summed E-state index contributed by atoms with van der Waals surface area (Å²) in [6.45, 7) is 2.91. The lowest BCUT2D eigenvalue weighted by molar-refractivity contribution is -0.116. The van der Waals surface area contributed by atoms with E-state index in [0.717, 1.165) is 48.7 Å². The number of benzene rings is 1. The van der Waals surface area contributed by atoms with Crippen LogP contribution in [-0.2, 0) is 24.2 Å². The minimum atomic E-state index is -0.0219. The van der Waals surface area contributed by atoms with Crippen molar-refractivity contribution in [3.63, 3.8) is 0 Å². The van der Waals surface area contributed by atoms with Crippen molar-refractivity contribution in [2.45, 2.75) is 45.1 Å². The van der Waals surface area contributed by atoms with E-state index in [2.05, 4.69) is 22.4 Å². The molecule has 0 radical (unpaired) electrons.